The van der Waals surface area contributed by atoms with Crippen LogP contribution in [0.3, 0.4) is 0 Å². The van der Waals surface area contributed by atoms with Crippen LogP contribution >= 0.6 is 0 Å². The van der Waals surface area contributed by atoms with Gasteiger partial charge in [-0.3, -0.25) is 4.79 Å². The van der Waals surface area contributed by atoms with E-state index in [1.165, 1.54) is 5.57 Å². The van der Waals surface area contributed by atoms with Crippen molar-refractivity contribution in [2.45, 2.75) is 47.0 Å². The van der Waals surface area contributed by atoms with E-state index in [1.54, 1.807) is 0 Å². The van der Waals surface area contributed by atoms with Crippen molar-refractivity contribution < 1.29 is 4.79 Å². The van der Waals surface area contributed by atoms with Crippen molar-refractivity contribution in [3.63, 3.8) is 0 Å². The summed E-state index contributed by atoms with van der Waals surface area (Å²) >= 11 is 0. The van der Waals surface area contributed by atoms with Crippen LogP contribution < -0.4 is 0 Å². The van der Waals surface area contributed by atoms with Crippen LogP contribution in [0.5, 0.6) is 0 Å². The van der Waals surface area contributed by atoms with Gasteiger partial charge in [-0.05, 0) is 32.3 Å². The van der Waals surface area contributed by atoms with E-state index in [4.69, 9.17) is 0 Å². The SMILES string of the molecule is CC.CC1=C(C)C(=O)CCC1. The lowest BCUT2D eigenvalue weighted by Gasteiger charge is -2.11. The Morgan fingerprint density at radius 2 is 1.64 bits per heavy atom. The van der Waals surface area contributed by atoms with Gasteiger partial charge in [0, 0.05) is 6.42 Å². The molecule has 1 nitrogen and oxygen atoms in total. The molecule has 11 heavy (non-hydrogen) atoms. The summed E-state index contributed by atoms with van der Waals surface area (Å²) < 4.78 is 0. The number of carbonyl (C=O) groups excluding carboxylic acids is 1. The molecule has 0 N–H and O–H groups in total. The molecule has 1 aliphatic rings. The molecule has 0 heterocycles. The minimum absolute atomic E-state index is 0.346. The van der Waals surface area contributed by atoms with Crippen LogP contribution in [0.2, 0.25) is 0 Å². The molecular formula is C10H18O. The average molecular weight is 154 g/mol. The molecule has 0 fully saturated rings. The van der Waals surface area contributed by atoms with Gasteiger partial charge in [0.1, 0.15) is 0 Å². The Balaban J connectivity index is 0.000000461. The summed E-state index contributed by atoms with van der Waals surface area (Å²) in [5.74, 6) is 0.346. The fourth-order valence-corrected chi connectivity index (χ4v) is 1.13. The molecule has 0 aromatic heterocycles. The Bertz CT molecular complexity index is 166. The first kappa shape index (κ1) is 10.4. The molecule has 0 saturated heterocycles. The van der Waals surface area contributed by atoms with E-state index in [1.807, 2.05) is 27.7 Å². The van der Waals surface area contributed by atoms with E-state index in [0.29, 0.717) is 5.78 Å². The maximum atomic E-state index is 10.9. The van der Waals surface area contributed by atoms with Crippen LogP contribution in [-0.4, -0.2) is 5.78 Å². The maximum absolute atomic E-state index is 10.9. The van der Waals surface area contributed by atoms with Gasteiger partial charge in [0.05, 0.1) is 0 Å². The zero-order chi connectivity index (χ0) is 8.85. The van der Waals surface area contributed by atoms with Crippen LogP contribution in [-0.2, 0) is 4.79 Å². The zero-order valence-corrected chi connectivity index (χ0v) is 8.03. The first-order chi connectivity index (χ1) is 5.22. The van der Waals surface area contributed by atoms with E-state index in [9.17, 15) is 4.79 Å². The van der Waals surface area contributed by atoms with Crippen molar-refractivity contribution in [1.82, 2.24) is 0 Å². The second kappa shape index (κ2) is 5.11. The van der Waals surface area contributed by atoms with Gasteiger partial charge in [0.2, 0.25) is 0 Å². The third-order valence-corrected chi connectivity index (χ3v) is 2.01. The molecule has 0 spiro atoms. The highest BCUT2D eigenvalue weighted by Gasteiger charge is 2.12. The van der Waals surface area contributed by atoms with E-state index in [0.717, 1.165) is 24.8 Å². The van der Waals surface area contributed by atoms with E-state index < -0.39 is 0 Å². The lowest BCUT2D eigenvalue weighted by atomic mass is 9.93. The fraction of sp³-hybridized carbons (Fsp3) is 0.700. The Hall–Kier alpha value is -0.590. The van der Waals surface area contributed by atoms with Gasteiger partial charge in [-0.15, -0.1) is 0 Å². The molecule has 64 valence electrons. The van der Waals surface area contributed by atoms with Crippen LogP contribution in [0.25, 0.3) is 0 Å². The summed E-state index contributed by atoms with van der Waals surface area (Å²) in [4.78, 5) is 10.9. The van der Waals surface area contributed by atoms with Crippen molar-refractivity contribution in [2.24, 2.45) is 0 Å². The molecule has 0 aromatic carbocycles. The molecule has 0 unspecified atom stereocenters. The normalized spacial score (nSPS) is 17.6. The second-order valence-corrected chi connectivity index (χ2v) is 2.68. The molecule has 0 aliphatic heterocycles. The van der Waals surface area contributed by atoms with Crippen LogP contribution in [0, 0.1) is 0 Å². The Labute approximate surface area is 69.5 Å². The van der Waals surface area contributed by atoms with Crippen LogP contribution in [0.15, 0.2) is 11.1 Å². The molecule has 1 rings (SSSR count). The maximum Gasteiger partial charge on any atom is 0.158 e. The smallest absolute Gasteiger partial charge is 0.158 e. The second-order valence-electron chi connectivity index (χ2n) is 2.68. The van der Waals surface area contributed by atoms with Crippen molar-refractivity contribution in [3.8, 4) is 0 Å². The van der Waals surface area contributed by atoms with E-state index in [2.05, 4.69) is 0 Å². The molecule has 0 aromatic rings. The zero-order valence-electron chi connectivity index (χ0n) is 8.03. The third-order valence-electron chi connectivity index (χ3n) is 2.01. The third kappa shape index (κ3) is 2.87. The van der Waals surface area contributed by atoms with Gasteiger partial charge in [0.15, 0.2) is 5.78 Å². The summed E-state index contributed by atoms with van der Waals surface area (Å²) in [5.41, 5.74) is 2.28. The number of hydrogen-bond donors (Lipinski definition) is 0. The van der Waals surface area contributed by atoms with Crippen LogP contribution in [0.4, 0.5) is 0 Å². The summed E-state index contributed by atoms with van der Waals surface area (Å²) in [6.07, 6.45) is 2.95. The Morgan fingerprint density at radius 3 is 2.00 bits per heavy atom. The van der Waals surface area contributed by atoms with Gasteiger partial charge in [-0.1, -0.05) is 19.4 Å². The van der Waals surface area contributed by atoms with Crippen molar-refractivity contribution in [2.75, 3.05) is 0 Å². The number of rotatable bonds is 0. The minimum atomic E-state index is 0.346. The van der Waals surface area contributed by atoms with Gasteiger partial charge in [-0.25, -0.2) is 0 Å². The van der Waals surface area contributed by atoms with E-state index >= 15 is 0 Å². The summed E-state index contributed by atoms with van der Waals surface area (Å²) in [7, 11) is 0. The Kier molecular flexibility index (Phi) is 4.84. The molecule has 0 amide bonds. The average Bonchev–Trinajstić information content (AvgIpc) is 2.04. The van der Waals surface area contributed by atoms with Gasteiger partial charge in [0.25, 0.3) is 0 Å². The first-order valence-corrected chi connectivity index (χ1v) is 4.41. The Morgan fingerprint density at radius 1 is 1.09 bits per heavy atom. The summed E-state index contributed by atoms with van der Waals surface area (Å²) in [6.45, 7) is 7.98. The number of carbonyl (C=O) groups is 1. The lowest BCUT2D eigenvalue weighted by Crippen LogP contribution is -2.07. The van der Waals surface area contributed by atoms with Crippen molar-refractivity contribution in [1.29, 1.82) is 0 Å². The number of allylic oxidation sites excluding steroid dienone is 2. The summed E-state index contributed by atoms with van der Waals surface area (Å²) in [5, 5.41) is 0. The first-order valence-electron chi connectivity index (χ1n) is 4.41. The molecule has 0 bridgehead atoms. The molecular weight excluding hydrogens is 136 g/mol. The topological polar surface area (TPSA) is 17.1 Å². The van der Waals surface area contributed by atoms with Crippen molar-refractivity contribution >= 4 is 5.78 Å². The standard InChI is InChI=1S/C8H12O.C2H6/c1-6-4-3-5-8(9)7(6)2;1-2/h3-5H2,1-2H3;1-2H3. The molecule has 0 saturated carbocycles. The molecule has 0 atom stereocenters. The lowest BCUT2D eigenvalue weighted by molar-refractivity contribution is -0.116. The predicted molar refractivity (Wildman–Crippen MR) is 48.6 cm³/mol. The van der Waals surface area contributed by atoms with Gasteiger partial charge < -0.3 is 0 Å². The monoisotopic (exact) mass is 154 g/mol. The molecule has 0 radical (unpaired) electrons. The highest BCUT2D eigenvalue weighted by atomic mass is 16.1. The fourth-order valence-electron chi connectivity index (χ4n) is 1.13. The number of ketones is 1. The minimum Gasteiger partial charge on any atom is -0.295 e. The predicted octanol–water partition coefficient (Wildman–Crippen LogP) is 3.10. The van der Waals surface area contributed by atoms with Gasteiger partial charge in [-0.2, -0.15) is 0 Å². The molecule has 1 heteroatoms. The highest BCUT2D eigenvalue weighted by Crippen LogP contribution is 2.20. The van der Waals surface area contributed by atoms with Crippen LogP contribution in [0.1, 0.15) is 47.0 Å². The largest absolute Gasteiger partial charge is 0.295 e. The quantitative estimate of drug-likeness (QED) is 0.524. The number of Topliss-reactive ketones (excluding diaryl/α,β-unsaturated/α-hetero) is 1. The van der Waals surface area contributed by atoms with Gasteiger partial charge >= 0.3 is 0 Å². The van der Waals surface area contributed by atoms with Crippen molar-refractivity contribution in [3.05, 3.63) is 11.1 Å². The highest BCUT2D eigenvalue weighted by molar-refractivity contribution is 5.96. The summed E-state index contributed by atoms with van der Waals surface area (Å²) in [6, 6.07) is 0. The number of hydrogen-bond acceptors (Lipinski definition) is 1. The van der Waals surface area contributed by atoms with E-state index in [-0.39, 0.29) is 0 Å². The molecule has 1 aliphatic carbocycles.